The summed E-state index contributed by atoms with van der Waals surface area (Å²) in [6.45, 7) is 1.51. The van der Waals surface area contributed by atoms with Gasteiger partial charge in [-0.1, -0.05) is 0 Å². The van der Waals surface area contributed by atoms with E-state index in [-0.39, 0.29) is 5.91 Å². The van der Waals surface area contributed by atoms with Gasteiger partial charge in [0.25, 0.3) is 5.91 Å². The zero-order chi connectivity index (χ0) is 25.5. The van der Waals surface area contributed by atoms with Gasteiger partial charge in [0.15, 0.2) is 17.8 Å². The Morgan fingerprint density at radius 3 is 2.68 bits per heavy atom. The second-order valence-electron chi connectivity index (χ2n) is 9.30. The fourth-order valence-corrected chi connectivity index (χ4v) is 4.49. The molecule has 0 saturated carbocycles. The summed E-state index contributed by atoms with van der Waals surface area (Å²) in [7, 11) is 3.54. The van der Waals surface area contributed by atoms with Crippen LogP contribution in [-0.4, -0.2) is 89.5 Å². The van der Waals surface area contributed by atoms with Crippen LogP contribution < -0.4 is 5.32 Å². The van der Waals surface area contributed by atoms with Crippen LogP contribution in [0.2, 0.25) is 0 Å². The molecule has 1 unspecified atom stereocenters. The van der Waals surface area contributed by atoms with Crippen LogP contribution in [0.25, 0.3) is 44.7 Å². The second kappa shape index (κ2) is 9.22. The summed E-state index contributed by atoms with van der Waals surface area (Å²) in [4.78, 5) is 37.7. The van der Waals surface area contributed by atoms with E-state index in [1.54, 1.807) is 50.0 Å². The van der Waals surface area contributed by atoms with Gasteiger partial charge in [0.1, 0.15) is 11.2 Å². The highest BCUT2D eigenvalue weighted by molar-refractivity contribution is 6.05. The summed E-state index contributed by atoms with van der Waals surface area (Å²) in [5.74, 6) is 0.469. The van der Waals surface area contributed by atoms with Gasteiger partial charge in [0.2, 0.25) is 0 Å². The molecular formula is C25H26N10O2. The number of pyridine rings is 3. The lowest BCUT2D eigenvalue weighted by Gasteiger charge is -2.20. The molecule has 1 fully saturated rings. The first-order valence-corrected chi connectivity index (χ1v) is 12.0. The van der Waals surface area contributed by atoms with Gasteiger partial charge in [-0.05, 0) is 39.1 Å². The molecule has 1 aliphatic heterocycles. The number of imidazole rings is 1. The molecule has 5 aromatic rings. The van der Waals surface area contributed by atoms with Gasteiger partial charge in [0.05, 0.1) is 34.5 Å². The number of fused-ring (bicyclic) bond motifs is 2. The fraction of sp³-hybridized carbons (Fsp3) is 0.280. The molecule has 188 valence electrons. The third kappa shape index (κ3) is 4.26. The Balaban J connectivity index is 1.37. The summed E-state index contributed by atoms with van der Waals surface area (Å²) >= 11 is 0. The lowest BCUT2D eigenvalue weighted by molar-refractivity contribution is 0.0659. The number of aliphatic hydroxyl groups is 1. The van der Waals surface area contributed by atoms with E-state index in [4.69, 9.17) is 4.98 Å². The average molecular weight is 499 g/mol. The lowest BCUT2D eigenvalue weighted by Crippen LogP contribution is -2.34. The number of nitrogens with one attached hydrogen (secondary N) is 3. The van der Waals surface area contributed by atoms with E-state index < -0.39 is 6.35 Å². The van der Waals surface area contributed by atoms with E-state index in [0.717, 1.165) is 42.4 Å². The first kappa shape index (κ1) is 23.0. The molecule has 12 heteroatoms. The molecule has 0 radical (unpaired) electrons. The van der Waals surface area contributed by atoms with Gasteiger partial charge in [-0.2, -0.15) is 5.10 Å². The Labute approximate surface area is 211 Å². The van der Waals surface area contributed by atoms with Gasteiger partial charge < -0.3 is 20.3 Å². The highest BCUT2D eigenvalue weighted by Crippen LogP contribution is 2.30. The molecule has 37 heavy (non-hydrogen) atoms. The average Bonchev–Trinajstić information content (AvgIpc) is 3.67. The van der Waals surface area contributed by atoms with Gasteiger partial charge in [-0.3, -0.25) is 24.8 Å². The predicted octanol–water partition coefficient (Wildman–Crippen LogP) is 2.44. The quantitative estimate of drug-likeness (QED) is 0.259. The number of hydrogen-bond donors (Lipinski definition) is 4. The fourth-order valence-electron chi connectivity index (χ4n) is 4.49. The molecule has 1 saturated heterocycles. The van der Waals surface area contributed by atoms with Crippen LogP contribution in [0.4, 0.5) is 5.69 Å². The first-order valence-electron chi connectivity index (χ1n) is 12.0. The Bertz CT molecular complexity index is 1600. The van der Waals surface area contributed by atoms with Crippen LogP contribution in [-0.2, 0) is 0 Å². The van der Waals surface area contributed by atoms with E-state index in [9.17, 15) is 9.90 Å². The molecule has 6 heterocycles. The Morgan fingerprint density at radius 2 is 1.86 bits per heavy atom. The van der Waals surface area contributed by atoms with Crippen LogP contribution in [0.1, 0.15) is 23.2 Å². The van der Waals surface area contributed by atoms with Crippen molar-refractivity contribution in [3.8, 4) is 22.6 Å². The normalized spacial score (nSPS) is 14.6. The number of rotatable bonds is 6. The van der Waals surface area contributed by atoms with Crippen molar-refractivity contribution < 1.29 is 9.90 Å². The first-order chi connectivity index (χ1) is 18.0. The molecule has 5 aromatic heterocycles. The molecule has 0 aromatic carbocycles. The van der Waals surface area contributed by atoms with Crippen molar-refractivity contribution in [3.63, 3.8) is 0 Å². The van der Waals surface area contributed by atoms with E-state index >= 15 is 0 Å². The highest BCUT2D eigenvalue weighted by atomic mass is 16.3. The summed E-state index contributed by atoms with van der Waals surface area (Å²) in [6.07, 6.45) is 9.55. The van der Waals surface area contributed by atoms with Crippen molar-refractivity contribution in [2.75, 3.05) is 32.5 Å². The monoisotopic (exact) mass is 498 g/mol. The number of aromatic amines is 2. The Morgan fingerprint density at radius 1 is 1.08 bits per heavy atom. The number of aromatic nitrogens is 7. The predicted molar refractivity (Wildman–Crippen MR) is 138 cm³/mol. The molecule has 6 rings (SSSR count). The molecule has 0 aliphatic carbocycles. The largest absolute Gasteiger partial charge is 0.361 e. The Kier molecular flexibility index (Phi) is 5.74. The van der Waals surface area contributed by atoms with Crippen molar-refractivity contribution in [2.24, 2.45) is 0 Å². The standard InChI is InChI=1S/C25H26N10O2/c1-34(2)25(37)29-16-7-14(9-26-11-16)15-8-17-21(32-33-22(17)28-10-15)23-30-19-13-27-12-18(20(19)31-23)24(36)35-5-3-4-6-35/h7-13,25,29,37H,3-6H2,1-2H3,(H,30,31)(H,28,32,33). The van der Waals surface area contributed by atoms with E-state index in [1.165, 1.54) is 0 Å². The molecule has 0 bridgehead atoms. The highest BCUT2D eigenvalue weighted by Gasteiger charge is 2.24. The van der Waals surface area contributed by atoms with E-state index in [2.05, 4.69) is 35.5 Å². The Hall–Kier alpha value is -4.42. The van der Waals surface area contributed by atoms with Crippen molar-refractivity contribution >= 4 is 33.7 Å². The number of nitrogens with zero attached hydrogens (tertiary/aromatic N) is 7. The topological polar surface area (TPSA) is 152 Å². The summed E-state index contributed by atoms with van der Waals surface area (Å²) in [5, 5.41) is 21.3. The number of carbonyl (C=O) groups excluding carboxylic acids is 1. The van der Waals surface area contributed by atoms with Crippen LogP contribution >= 0.6 is 0 Å². The molecule has 1 aliphatic rings. The van der Waals surface area contributed by atoms with Crippen LogP contribution in [0.15, 0.2) is 43.1 Å². The maximum absolute atomic E-state index is 13.1. The third-order valence-corrected chi connectivity index (χ3v) is 6.52. The third-order valence-electron chi connectivity index (χ3n) is 6.52. The maximum Gasteiger partial charge on any atom is 0.257 e. The molecule has 0 spiro atoms. The van der Waals surface area contributed by atoms with Crippen LogP contribution in [0, 0.1) is 0 Å². The van der Waals surface area contributed by atoms with E-state index in [0.29, 0.717) is 39.4 Å². The smallest absolute Gasteiger partial charge is 0.257 e. The van der Waals surface area contributed by atoms with Crippen molar-refractivity contribution in [3.05, 3.63) is 48.7 Å². The summed E-state index contributed by atoms with van der Waals surface area (Å²) in [6, 6.07) is 3.86. The van der Waals surface area contributed by atoms with Crippen LogP contribution in [0.5, 0.6) is 0 Å². The minimum Gasteiger partial charge on any atom is -0.361 e. The number of aliphatic hydroxyl groups excluding tert-OH is 1. The van der Waals surface area contributed by atoms with Gasteiger partial charge in [-0.25, -0.2) is 9.97 Å². The van der Waals surface area contributed by atoms with Gasteiger partial charge in [-0.15, -0.1) is 0 Å². The lowest BCUT2D eigenvalue weighted by atomic mass is 10.1. The summed E-state index contributed by atoms with van der Waals surface area (Å²) in [5.41, 5.74) is 5.24. The number of H-pyrrole nitrogens is 2. The zero-order valence-corrected chi connectivity index (χ0v) is 20.4. The number of hydrogen-bond acceptors (Lipinski definition) is 9. The minimum absolute atomic E-state index is 0.0511. The minimum atomic E-state index is -0.844. The van der Waals surface area contributed by atoms with Crippen molar-refractivity contribution in [1.82, 2.24) is 44.9 Å². The number of carbonyl (C=O) groups is 1. The van der Waals surface area contributed by atoms with E-state index in [1.807, 2.05) is 17.0 Å². The number of amides is 1. The molecule has 12 nitrogen and oxygen atoms in total. The molecular weight excluding hydrogens is 472 g/mol. The van der Waals surface area contributed by atoms with Crippen molar-refractivity contribution in [2.45, 2.75) is 19.2 Å². The van der Waals surface area contributed by atoms with Gasteiger partial charge in [0, 0.05) is 42.8 Å². The second-order valence-corrected chi connectivity index (χ2v) is 9.30. The summed E-state index contributed by atoms with van der Waals surface area (Å²) < 4.78 is 0. The number of anilines is 1. The maximum atomic E-state index is 13.1. The molecule has 1 atom stereocenters. The molecule has 4 N–H and O–H groups in total. The number of likely N-dealkylation sites (tertiary alicyclic amines) is 1. The van der Waals surface area contributed by atoms with Crippen molar-refractivity contribution in [1.29, 1.82) is 0 Å². The zero-order valence-electron chi connectivity index (χ0n) is 20.4. The molecule has 1 amide bonds. The van der Waals surface area contributed by atoms with Gasteiger partial charge >= 0.3 is 0 Å². The SMILES string of the molecule is CN(C)C(O)Nc1cncc(-c2cnc3[nH]nc(-c4nc5c(C(=O)N6CCCC6)cncc5[nH]4)c3c2)c1. The van der Waals surface area contributed by atoms with Crippen LogP contribution in [0.3, 0.4) is 0 Å².